The highest BCUT2D eigenvalue weighted by Crippen LogP contribution is 2.29. The number of aromatic amines is 1. The normalized spacial score (nSPS) is 14.9. The van der Waals surface area contributed by atoms with Crippen LogP contribution in [0.1, 0.15) is 54.2 Å². The van der Waals surface area contributed by atoms with Gasteiger partial charge >= 0.3 is 12.1 Å². The summed E-state index contributed by atoms with van der Waals surface area (Å²) in [6.07, 6.45) is 5.04. The van der Waals surface area contributed by atoms with Gasteiger partial charge in [0.2, 0.25) is 0 Å². The van der Waals surface area contributed by atoms with Crippen LogP contribution in [0.25, 0.3) is 0 Å². The van der Waals surface area contributed by atoms with Crippen LogP contribution in [0.5, 0.6) is 0 Å². The Labute approximate surface area is 204 Å². The molecule has 3 heterocycles. The molecule has 0 bridgehead atoms. The van der Waals surface area contributed by atoms with Gasteiger partial charge in [0.15, 0.2) is 0 Å². The van der Waals surface area contributed by atoms with Gasteiger partial charge in [0, 0.05) is 37.1 Å². The largest absolute Gasteiger partial charge is 0.465 e. The van der Waals surface area contributed by atoms with E-state index in [1.54, 1.807) is 30.3 Å². The lowest BCUT2D eigenvalue weighted by molar-refractivity contribution is -0.145. The lowest BCUT2D eigenvalue weighted by atomic mass is 9.96. The minimum Gasteiger partial charge on any atom is -0.465 e. The van der Waals surface area contributed by atoms with Gasteiger partial charge in [-0.1, -0.05) is 36.4 Å². The molecule has 0 aliphatic carbocycles. The fourth-order valence-corrected chi connectivity index (χ4v) is 4.24. The number of hydrogen-bond donors (Lipinski definition) is 2. The molecule has 3 N–H and O–H groups in total. The highest BCUT2D eigenvalue weighted by Gasteiger charge is 2.29. The third kappa shape index (κ3) is 6.38. The van der Waals surface area contributed by atoms with Gasteiger partial charge in [-0.25, -0.2) is 14.8 Å². The number of hydrogen-bond acceptors (Lipinski definition) is 7. The summed E-state index contributed by atoms with van der Waals surface area (Å²) in [5.74, 6) is 0.593. The standard InChI is InChI=1S/C26H31N5O4/c1-2-34-25(32)21(14-19-8-9-23(27)28-15-19)22-16-29-24(30-22)20-10-12-31(13-11-20)26(33)35-17-18-6-4-3-5-7-18/h3-9,15-16,20-21H,2,10-14,17H2,1H3,(H2,27,28)(H,29,30). The molecule has 0 saturated carbocycles. The maximum absolute atomic E-state index is 12.7. The maximum atomic E-state index is 12.7. The number of ether oxygens (including phenoxy) is 2. The van der Waals surface area contributed by atoms with Gasteiger partial charge in [-0.05, 0) is 43.4 Å². The zero-order chi connectivity index (χ0) is 24.6. The monoisotopic (exact) mass is 477 g/mol. The summed E-state index contributed by atoms with van der Waals surface area (Å²) in [5, 5.41) is 0. The van der Waals surface area contributed by atoms with Gasteiger partial charge in [-0.2, -0.15) is 0 Å². The van der Waals surface area contributed by atoms with Gasteiger partial charge in [-0.15, -0.1) is 0 Å². The molecule has 1 saturated heterocycles. The van der Waals surface area contributed by atoms with E-state index in [2.05, 4.69) is 15.0 Å². The Morgan fingerprint density at radius 1 is 1.06 bits per heavy atom. The van der Waals surface area contributed by atoms with Gasteiger partial charge < -0.3 is 25.1 Å². The molecule has 1 unspecified atom stereocenters. The first kappa shape index (κ1) is 24.3. The fourth-order valence-electron chi connectivity index (χ4n) is 4.24. The SMILES string of the molecule is CCOC(=O)C(Cc1ccc(N)nc1)c1cnc(C2CCN(C(=O)OCc3ccccc3)CC2)[nH]1. The van der Waals surface area contributed by atoms with Gasteiger partial charge in [0.25, 0.3) is 0 Å². The summed E-state index contributed by atoms with van der Waals surface area (Å²) >= 11 is 0. The Morgan fingerprint density at radius 3 is 2.51 bits per heavy atom. The van der Waals surface area contributed by atoms with E-state index in [1.165, 1.54) is 0 Å². The van der Waals surface area contributed by atoms with Crippen LogP contribution in [0.2, 0.25) is 0 Å². The van der Waals surface area contributed by atoms with Crippen molar-refractivity contribution in [1.82, 2.24) is 19.9 Å². The number of anilines is 1. The van der Waals surface area contributed by atoms with E-state index in [0.29, 0.717) is 37.6 Å². The number of likely N-dealkylation sites (tertiary alicyclic amines) is 1. The lowest BCUT2D eigenvalue weighted by Crippen LogP contribution is -2.38. The van der Waals surface area contributed by atoms with E-state index in [4.69, 9.17) is 15.2 Å². The number of piperidine rings is 1. The Balaban J connectivity index is 1.35. The minimum atomic E-state index is -0.519. The number of amides is 1. The Hall–Kier alpha value is -3.88. The van der Waals surface area contributed by atoms with Crippen molar-refractivity contribution < 1.29 is 19.1 Å². The lowest BCUT2D eigenvalue weighted by Gasteiger charge is -2.30. The van der Waals surface area contributed by atoms with Crippen molar-refractivity contribution in [2.75, 3.05) is 25.4 Å². The number of nitrogens with zero attached hydrogens (tertiary/aromatic N) is 3. The molecular weight excluding hydrogens is 446 g/mol. The van der Waals surface area contributed by atoms with Crippen molar-refractivity contribution in [2.24, 2.45) is 0 Å². The number of carbonyl (C=O) groups is 2. The summed E-state index contributed by atoms with van der Waals surface area (Å²) in [4.78, 5) is 38.9. The van der Waals surface area contributed by atoms with Gasteiger partial charge in [-0.3, -0.25) is 4.79 Å². The van der Waals surface area contributed by atoms with Crippen LogP contribution in [-0.4, -0.2) is 51.6 Å². The number of benzene rings is 1. The van der Waals surface area contributed by atoms with Crippen molar-refractivity contribution in [3.63, 3.8) is 0 Å². The van der Waals surface area contributed by atoms with Crippen molar-refractivity contribution in [1.29, 1.82) is 0 Å². The summed E-state index contributed by atoms with van der Waals surface area (Å²) in [6.45, 7) is 3.53. The first-order chi connectivity index (χ1) is 17.0. The van der Waals surface area contributed by atoms with Crippen LogP contribution >= 0.6 is 0 Å². The summed E-state index contributed by atoms with van der Waals surface area (Å²) in [5.41, 5.74) is 8.24. The van der Waals surface area contributed by atoms with Crippen molar-refractivity contribution in [3.8, 4) is 0 Å². The number of pyridine rings is 1. The van der Waals surface area contributed by atoms with E-state index in [1.807, 2.05) is 36.4 Å². The van der Waals surface area contributed by atoms with E-state index >= 15 is 0 Å². The second-order valence-corrected chi connectivity index (χ2v) is 8.63. The third-order valence-electron chi connectivity index (χ3n) is 6.19. The van der Waals surface area contributed by atoms with Crippen molar-refractivity contribution in [2.45, 2.75) is 44.6 Å². The molecule has 2 aromatic heterocycles. The molecule has 1 fully saturated rings. The van der Waals surface area contributed by atoms with Gasteiger partial charge in [0.05, 0.1) is 6.61 Å². The Kier molecular flexibility index (Phi) is 7.97. The maximum Gasteiger partial charge on any atom is 0.410 e. The summed E-state index contributed by atoms with van der Waals surface area (Å²) < 4.78 is 10.8. The molecule has 35 heavy (non-hydrogen) atoms. The number of carbonyl (C=O) groups excluding carboxylic acids is 2. The zero-order valence-electron chi connectivity index (χ0n) is 19.9. The fraction of sp³-hybridized carbons (Fsp3) is 0.385. The number of nitrogens with two attached hydrogens (primary N) is 1. The molecule has 1 aromatic carbocycles. The predicted octanol–water partition coefficient (Wildman–Crippen LogP) is 3.79. The molecule has 1 aliphatic rings. The van der Waals surface area contributed by atoms with Crippen LogP contribution in [0, 0.1) is 0 Å². The van der Waals surface area contributed by atoms with E-state index in [-0.39, 0.29) is 24.6 Å². The molecule has 184 valence electrons. The molecule has 0 spiro atoms. The van der Waals surface area contributed by atoms with Gasteiger partial charge in [0.1, 0.15) is 24.2 Å². The molecule has 1 amide bonds. The summed E-state index contributed by atoms with van der Waals surface area (Å²) in [6, 6.07) is 13.2. The molecule has 9 heteroatoms. The van der Waals surface area contributed by atoms with Crippen LogP contribution in [-0.2, 0) is 27.3 Å². The molecule has 3 aromatic rings. The number of H-pyrrole nitrogens is 1. The van der Waals surface area contributed by atoms with E-state index in [0.717, 1.165) is 29.8 Å². The quantitative estimate of drug-likeness (QED) is 0.473. The molecule has 1 aliphatic heterocycles. The molecule has 1 atom stereocenters. The second kappa shape index (κ2) is 11.5. The summed E-state index contributed by atoms with van der Waals surface area (Å²) in [7, 11) is 0. The number of imidazole rings is 1. The van der Waals surface area contributed by atoms with Crippen LogP contribution in [0.15, 0.2) is 54.9 Å². The van der Waals surface area contributed by atoms with Crippen LogP contribution in [0.4, 0.5) is 10.6 Å². The Morgan fingerprint density at radius 2 is 1.83 bits per heavy atom. The Bertz CT molecular complexity index is 1110. The topological polar surface area (TPSA) is 123 Å². The average molecular weight is 478 g/mol. The number of rotatable bonds is 8. The van der Waals surface area contributed by atoms with Crippen LogP contribution in [0.3, 0.4) is 0 Å². The molecule has 9 nitrogen and oxygen atoms in total. The van der Waals surface area contributed by atoms with E-state index in [9.17, 15) is 9.59 Å². The minimum absolute atomic E-state index is 0.169. The second-order valence-electron chi connectivity index (χ2n) is 8.63. The first-order valence-electron chi connectivity index (χ1n) is 11.9. The van der Waals surface area contributed by atoms with E-state index < -0.39 is 5.92 Å². The number of nitrogens with one attached hydrogen (secondary N) is 1. The predicted molar refractivity (Wildman–Crippen MR) is 130 cm³/mol. The third-order valence-corrected chi connectivity index (χ3v) is 6.19. The highest BCUT2D eigenvalue weighted by molar-refractivity contribution is 5.78. The number of nitrogen functional groups attached to an aromatic ring is 1. The number of aromatic nitrogens is 3. The van der Waals surface area contributed by atoms with Crippen LogP contribution < -0.4 is 5.73 Å². The zero-order valence-corrected chi connectivity index (χ0v) is 19.9. The molecule has 0 radical (unpaired) electrons. The average Bonchev–Trinajstić information content (AvgIpc) is 3.38. The van der Waals surface area contributed by atoms with Crippen molar-refractivity contribution in [3.05, 3.63) is 77.5 Å². The highest BCUT2D eigenvalue weighted by atomic mass is 16.6. The number of esters is 1. The molecule has 4 rings (SSSR count). The smallest absolute Gasteiger partial charge is 0.410 e. The first-order valence-corrected chi connectivity index (χ1v) is 11.9. The molecular formula is C26H31N5O4. The van der Waals surface area contributed by atoms with Crippen molar-refractivity contribution >= 4 is 17.9 Å².